The van der Waals surface area contributed by atoms with Gasteiger partial charge in [-0.05, 0) is 47.1 Å². The summed E-state index contributed by atoms with van der Waals surface area (Å²) in [4.78, 5) is 16.1. The minimum Gasteiger partial charge on any atom is -0.456 e. The van der Waals surface area contributed by atoms with Crippen LogP contribution in [-0.2, 0) is 6.42 Å². The highest BCUT2D eigenvalue weighted by Crippen LogP contribution is 2.17. The van der Waals surface area contributed by atoms with Crippen LogP contribution in [0.4, 0.5) is 5.69 Å². The summed E-state index contributed by atoms with van der Waals surface area (Å²) in [5.41, 5.74) is 1.43. The summed E-state index contributed by atoms with van der Waals surface area (Å²) in [6.07, 6.45) is 0.770. The first-order valence-corrected chi connectivity index (χ1v) is 6.42. The third-order valence-corrected chi connectivity index (χ3v) is 2.98. The molecule has 0 atom stereocenters. The van der Waals surface area contributed by atoms with Gasteiger partial charge in [0.25, 0.3) is 5.91 Å². The van der Waals surface area contributed by atoms with Gasteiger partial charge in [-0.25, -0.2) is 4.98 Å². The van der Waals surface area contributed by atoms with Crippen LogP contribution in [0.3, 0.4) is 0 Å². The molecule has 0 bridgehead atoms. The van der Waals surface area contributed by atoms with Gasteiger partial charge in [0.1, 0.15) is 10.4 Å². The van der Waals surface area contributed by atoms with Gasteiger partial charge in [-0.15, -0.1) is 0 Å². The van der Waals surface area contributed by atoms with Crippen LogP contribution in [-0.4, -0.2) is 10.9 Å². The highest BCUT2D eigenvalue weighted by molar-refractivity contribution is 9.10. The number of aryl methyl sites for hydroxylation is 2. The standard InChI is InChI=1S/C13H13BrN2O2/c1-3-9-4-6-11(18-9)13(17)16-10-5-7-12(14)15-8(10)2/h4-7H,3H2,1-2H3,(H,16,17). The Morgan fingerprint density at radius 2 is 2.17 bits per heavy atom. The number of nitrogens with one attached hydrogen (secondary N) is 1. The Morgan fingerprint density at radius 1 is 1.39 bits per heavy atom. The maximum absolute atomic E-state index is 11.9. The molecule has 94 valence electrons. The van der Waals surface area contributed by atoms with Crippen LogP contribution in [0.15, 0.2) is 33.3 Å². The molecule has 0 aliphatic rings. The molecule has 2 rings (SSSR count). The summed E-state index contributed by atoms with van der Waals surface area (Å²) in [6.45, 7) is 3.81. The predicted octanol–water partition coefficient (Wildman–Crippen LogP) is 3.56. The van der Waals surface area contributed by atoms with Crippen molar-refractivity contribution in [1.29, 1.82) is 0 Å². The van der Waals surface area contributed by atoms with Crippen molar-refractivity contribution in [2.45, 2.75) is 20.3 Å². The highest BCUT2D eigenvalue weighted by Gasteiger charge is 2.12. The average Bonchev–Trinajstić information content (AvgIpc) is 2.81. The van der Waals surface area contributed by atoms with Gasteiger partial charge >= 0.3 is 0 Å². The zero-order chi connectivity index (χ0) is 13.1. The van der Waals surface area contributed by atoms with E-state index in [4.69, 9.17) is 4.42 Å². The van der Waals surface area contributed by atoms with Gasteiger partial charge in [0.15, 0.2) is 5.76 Å². The average molecular weight is 309 g/mol. The third-order valence-electron chi connectivity index (χ3n) is 2.53. The largest absolute Gasteiger partial charge is 0.456 e. The number of halogens is 1. The molecule has 0 saturated heterocycles. The number of amides is 1. The molecule has 2 heterocycles. The predicted molar refractivity (Wildman–Crippen MR) is 72.7 cm³/mol. The van der Waals surface area contributed by atoms with Gasteiger partial charge in [-0.2, -0.15) is 0 Å². The van der Waals surface area contributed by atoms with Crippen LogP contribution in [0.5, 0.6) is 0 Å². The number of hydrogen-bond acceptors (Lipinski definition) is 3. The molecular weight excluding hydrogens is 296 g/mol. The molecule has 4 nitrogen and oxygen atoms in total. The second kappa shape index (κ2) is 5.35. The molecular formula is C13H13BrN2O2. The topological polar surface area (TPSA) is 55.1 Å². The number of hydrogen-bond donors (Lipinski definition) is 1. The second-order valence-corrected chi connectivity index (χ2v) is 4.65. The van der Waals surface area contributed by atoms with Crippen LogP contribution >= 0.6 is 15.9 Å². The molecule has 0 unspecified atom stereocenters. The molecule has 0 fully saturated rings. The molecule has 5 heteroatoms. The van der Waals surface area contributed by atoms with Crippen molar-refractivity contribution >= 4 is 27.5 Å². The Balaban J connectivity index is 2.16. The summed E-state index contributed by atoms with van der Waals surface area (Å²) >= 11 is 3.28. The Hall–Kier alpha value is -1.62. The Labute approximate surface area is 114 Å². The summed E-state index contributed by atoms with van der Waals surface area (Å²) < 4.78 is 6.13. The van der Waals surface area contributed by atoms with E-state index in [-0.39, 0.29) is 5.91 Å². The van der Waals surface area contributed by atoms with Gasteiger partial charge < -0.3 is 9.73 Å². The molecule has 2 aromatic heterocycles. The number of furan rings is 1. The van der Waals surface area contributed by atoms with E-state index in [2.05, 4.69) is 26.2 Å². The maximum Gasteiger partial charge on any atom is 0.291 e. The van der Waals surface area contributed by atoms with Crippen LogP contribution in [0.2, 0.25) is 0 Å². The minimum atomic E-state index is -0.262. The quantitative estimate of drug-likeness (QED) is 0.882. The van der Waals surface area contributed by atoms with Crippen molar-refractivity contribution in [2.75, 3.05) is 5.32 Å². The summed E-state index contributed by atoms with van der Waals surface area (Å²) in [6, 6.07) is 7.06. The lowest BCUT2D eigenvalue weighted by Gasteiger charge is -2.06. The highest BCUT2D eigenvalue weighted by atomic mass is 79.9. The first-order chi connectivity index (χ1) is 8.60. The van der Waals surface area contributed by atoms with Crippen molar-refractivity contribution in [2.24, 2.45) is 0 Å². The lowest BCUT2D eigenvalue weighted by molar-refractivity contribution is 0.0995. The van der Waals surface area contributed by atoms with E-state index in [0.717, 1.165) is 22.5 Å². The first-order valence-electron chi connectivity index (χ1n) is 5.63. The van der Waals surface area contributed by atoms with Crippen molar-refractivity contribution in [3.8, 4) is 0 Å². The molecule has 18 heavy (non-hydrogen) atoms. The Kier molecular flexibility index (Phi) is 3.81. The normalized spacial score (nSPS) is 10.4. The smallest absolute Gasteiger partial charge is 0.291 e. The number of rotatable bonds is 3. The van der Waals surface area contributed by atoms with E-state index in [1.54, 1.807) is 18.2 Å². The Morgan fingerprint density at radius 3 is 2.78 bits per heavy atom. The molecule has 1 N–H and O–H groups in total. The van der Waals surface area contributed by atoms with Crippen molar-refractivity contribution in [3.05, 3.63) is 46.1 Å². The third kappa shape index (κ3) is 2.79. The number of aromatic nitrogens is 1. The molecule has 0 aliphatic carbocycles. The summed E-state index contributed by atoms with van der Waals surface area (Å²) in [5, 5.41) is 2.78. The lowest BCUT2D eigenvalue weighted by Crippen LogP contribution is -2.12. The monoisotopic (exact) mass is 308 g/mol. The van der Waals surface area contributed by atoms with Gasteiger partial charge in [0, 0.05) is 6.42 Å². The van der Waals surface area contributed by atoms with Gasteiger partial charge in [0.05, 0.1) is 11.4 Å². The first kappa shape index (κ1) is 12.8. The van der Waals surface area contributed by atoms with E-state index >= 15 is 0 Å². The number of nitrogens with zero attached hydrogens (tertiary/aromatic N) is 1. The fraction of sp³-hybridized carbons (Fsp3) is 0.231. The van der Waals surface area contributed by atoms with E-state index in [9.17, 15) is 4.79 Å². The van der Waals surface area contributed by atoms with E-state index in [1.165, 1.54) is 0 Å². The molecule has 0 aliphatic heterocycles. The van der Waals surface area contributed by atoms with E-state index in [0.29, 0.717) is 11.4 Å². The van der Waals surface area contributed by atoms with Gasteiger partial charge in [-0.3, -0.25) is 4.79 Å². The fourth-order valence-corrected chi connectivity index (χ4v) is 1.93. The molecule has 0 spiro atoms. The number of carbonyl (C=O) groups excluding carboxylic acids is 1. The maximum atomic E-state index is 11.9. The molecule has 0 aromatic carbocycles. The van der Waals surface area contributed by atoms with Crippen LogP contribution in [0, 0.1) is 6.92 Å². The van der Waals surface area contributed by atoms with Crippen molar-refractivity contribution in [3.63, 3.8) is 0 Å². The second-order valence-electron chi connectivity index (χ2n) is 3.84. The van der Waals surface area contributed by atoms with Crippen LogP contribution < -0.4 is 5.32 Å². The lowest BCUT2D eigenvalue weighted by atomic mass is 10.3. The summed E-state index contributed by atoms with van der Waals surface area (Å²) in [5.74, 6) is 0.849. The number of anilines is 1. The molecule has 0 saturated carbocycles. The minimum absolute atomic E-state index is 0.262. The molecule has 2 aromatic rings. The number of pyridine rings is 1. The van der Waals surface area contributed by atoms with Crippen LogP contribution in [0.25, 0.3) is 0 Å². The zero-order valence-corrected chi connectivity index (χ0v) is 11.7. The Bertz CT molecular complexity index is 578. The van der Waals surface area contributed by atoms with E-state index < -0.39 is 0 Å². The van der Waals surface area contributed by atoms with Crippen molar-refractivity contribution in [1.82, 2.24) is 4.98 Å². The SMILES string of the molecule is CCc1ccc(C(=O)Nc2ccc(Br)nc2C)o1. The van der Waals surface area contributed by atoms with Gasteiger partial charge in [0.2, 0.25) is 0 Å². The molecule has 0 radical (unpaired) electrons. The van der Waals surface area contributed by atoms with Crippen LogP contribution in [0.1, 0.15) is 28.9 Å². The number of carbonyl (C=O) groups is 1. The fourth-order valence-electron chi connectivity index (χ4n) is 1.54. The molecule has 1 amide bonds. The van der Waals surface area contributed by atoms with Gasteiger partial charge in [-0.1, -0.05) is 6.92 Å². The zero-order valence-electron chi connectivity index (χ0n) is 10.2. The van der Waals surface area contributed by atoms with Crippen molar-refractivity contribution < 1.29 is 9.21 Å². The van der Waals surface area contributed by atoms with E-state index in [1.807, 2.05) is 19.9 Å². The summed E-state index contributed by atoms with van der Waals surface area (Å²) in [7, 11) is 0.